The SMILES string of the molecule is CCCN(CCC)C(=O)CSc1nc(N)cc(N)n1. The van der Waals surface area contributed by atoms with Crippen molar-refractivity contribution in [1.82, 2.24) is 14.9 Å². The standard InChI is InChI=1S/C12H21N5OS/c1-3-5-17(6-4-2)11(18)8-19-12-15-9(13)7-10(14)16-12/h7H,3-6,8H2,1-2H3,(H4,13,14,15,16). The van der Waals surface area contributed by atoms with Crippen LogP contribution in [0.1, 0.15) is 26.7 Å². The lowest BCUT2D eigenvalue weighted by molar-refractivity contribution is -0.128. The predicted octanol–water partition coefficient (Wildman–Crippen LogP) is 1.38. The Morgan fingerprint density at radius 2 is 1.74 bits per heavy atom. The van der Waals surface area contributed by atoms with E-state index in [0.29, 0.717) is 22.5 Å². The van der Waals surface area contributed by atoms with Gasteiger partial charge in [-0.25, -0.2) is 9.97 Å². The van der Waals surface area contributed by atoms with Gasteiger partial charge in [-0.15, -0.1) is 0 Å². The van der Waals surface area contributed by atoms with Gasteiger partial charge in [0.25, 0.3) is 0 Å². The van der Waals surface area contributed by atoms with E-state index < -0.39 is 0 Å². The first-order valence-electron chi connectivity index (χ1n) is 6.37. The molecule has 19 heavy (non-hydrogen) atoms. The van der Waals surface area contributed by atoms with E-state index >= 15 is 0 Å². The maximum atomic E-state index is 12.1. The first kappa shape index (κ1) is 15.6. The van der Waals surface area contributed by atoms with Crippen molar-refractivity contribution in [3.63, 3.8) is 0 Å². The molecule has 1 aromatic rings. The summed E-state index contributed by atoms with van der Waals surface area (Å²) >= 11 is 1.26. The Morgan fingerprint density at radius 1 is 1.21 bits per heavy atom. The Labute approximate surface area is 118 Å². The highest BCUT2D eigenvalue weighted by Crippen LogP contribution is 2.16. The van der Waals surface area contributed by atoms with Crippen LogP contribution in [0, 0.1) is 0 Å². The second-order valence-electron chi connectivity index (χ2n) is 4.17. The fraction of sp³-hybridized carbons (Fsp3) is 0.583. The number of amides is 1. The molecular weight excluding hydrogens is 262 g/mol. The Balaban J connectivity index is 2.56. The summed E-state index contributed by atoms with van der Waals surface area (Å²) in [7, 11) is 0. The third-order valence-electron chi connectivity index (χ3n) is 2.41. The van der Waals surface area contributed by atoms with Crippen LogP contribution in [0.5, 0.6) is 0 Å². The van der Waals surface area contributed by atoms with Gasteiger partial charge in [0.15, 0.2) is 5.16 Å². The monoisotopic (exact) mass is 283 g/mol. The van der Waals surface area contributed by atoms with E-state index in [9.17, 15) is 4.79 Å². The highest BCUT2D eigenvalue weighted by molar-refractivity contribution is 7.99. The highest BCUT2D eigenvalue weighted by Gasteiger charge is 2.13. The van der Waals surface area contributed by atoms with E-state index in [2.05, 4.69) is 23.8 Å². The van der Waals surface area contributed by atoms with E-state index in [1.165, 1.54) is 17.8 Å². The molecule has 1 rings (SSSR count). The van der Waals surface area contributed by atoms with Gasteiger partial charge >= 0.3 is 0 Å². The number of thioether (sulfide) groups is 1. The molecule has 0 fully saturated rings. The molecule has 106 valence electrons. The molecule has 1 aromatic heterocycles. The predicted molar refractivity (Wildman–Crippen MR) is 78.7 cm³/mol. The lowest BCUT2D eigenvalue weighted by atomic mass is 10.3. The molecule has 0 radical (unpaired) electrons. The van der Waals surface area contributed by atoms with Crippen molar-refractivity contribution in [2.75, 3.05) is 30.3 Å². The maximum absolute atomic E-state index is 12.1. The van der Waals surface area contributed by atoms with Gasteiger partial charge < -0.3 is 16.4 Å². The number of rotatable bonds is 7. The first-order valence-corrected chi connectivity index (χ1v) is 7.36. The summed E-state index contributed by atoms with van der Waals surface area (Å²) in [5, 5.41) is 0.443. The van der Waals surface area contributed by atoms with Gasteiger partial charge in [0.2, 0.25) is 5.91 Å². The molecule has 0 unspecified atom stereocenters. The smallest absolute Gasteiger partial charge is 0.233 e. The van der Waals surface area contributed by atoms with Crippen LogP contribution in [0.2, 0.25) is 0 Å². The van der Waals surface area contributed by atoms with Gasteiger partial charge in [-0.05, 0) is 12.8 Å². The molecule has 0 bridgehead atoms. The molecule has 0 saturated carbocycles. The van der Waals surface area contributed by atoms with Crippen LogP contribution >= 0.6 is 11.8 Å². The number of nitrogens with two attached hydrogens (primary N) is 2. The van der Waals surface area contributed by atoms with Gasteiger partial charge in [-0.1, -0.05) is 25.6 Å². The van der Waals surface area contributed by atoms with E-state index in [-0.39, 0.29) is 5.91 Å². The third kappa shape index (κ3) is 5.34. The molecule has 0 spiro atoms. The molecule has 7 heteroatoms. The number of nitrogens with zero attached hydrogens (tertiary/aromatic N) is 3. The van der Waals surface area contributed by atoms with Crippen LogP contribution < -0.4 is 11.5 Å². The number of carbonyl (C=O) groups is 1. The van der Waals surface area contributed by atoms with Crippen LogP contribution in [0.25, 0.3) is 0 Å². The minimum absolute atomic E-state index is 0.0956. The first-order chi connectivity index (χ1) is 9.06. The summed E-state index contributed by atoms with van der Waals surface area (Å²) < 4.78 is 0. The van der Waals surface area contributed by atoms with E-state index in [1.807, 2.05) is 4.90 Å². The number of aromatic nitrogens is 2. The lowest BCUT2D eigenvalue weighted by Crippen LogP contribution is -2.33. The molecular formula is C12H21N5OS. The van der Waals surface area contributed by atoms with Gasteiger partial charge in [-0.2, -0.15) is 0 Å². The molecule has 4 N–H and O–H groups in total. The number of hydrogen-bond donors (Lipinski definition) is 2. The Morgan fingerprint density at radius 3 is 2.21 bits per heavy atom. The molecule has 1 amide bonds. The zero-order valence-electron chi connectivity index (χ0n) is 11.4. The number of carbonyl (C=O) groups excluding carboxylic acids is 1. The zero-order chi connectivity index (χ0) is 14.3. The number of anilines is 2. The average Bonchev–Trinajstić information content (AvgIpc) is 2.34. The molecule has 1 heterocycles. The average molecular weight is 283 g/mol. The van der Waals surface area contributed by atoms with Crippen molar-refractivity contribution in [1.29, 1.82) is 0 Å². The van der Waals surface area contributed by atoms with Crippen molar-refractivity contribution in [3.8, 4) is 0 Å². The topological polar surface area (TPSA) is 98.1 Å². The fourth-order valence-corrected chi connectivity index (χ4v) is 2.42. The minimum atomic E-state index is 0.0956. The van der Waals surface area contributed by atoms with Gasteiger partial charge in [0.05, 0.1) is 5.75 Å². The molecule has 0 saturated heterocycles. The summed E-state index contributed by atoms with van der Waals surface area (Å²) in [6, 6.07) is 1.49. The Hall–Kier alpha value is -1.50. The molecule has 0 aliphatic carbocycles. The minimum Gasteiger partial charge on any atom is -0.383 e. The fourth-order valence-electron chi connectivity index (χ4n) is 1.65. The summed E-state index contributed by atoms with van der Waals surface area (Å²) in [5.41, 5.74) is 11.2. The summed E-state index contributed by atoms with van der Waals surface area (Å²) in [6.07, 6.45) is 1.91. The Bertz CT molecular complexity index is 400. The van der Waals surface area contributed by atoms with Crippen molar-refractivity contribution >= 4 is 29.3 Å². The maximum Gasteiger partial charge on any atom is 0.233 e. The number of hydrogen-bond acceptors (Lipinski definition) is 6. The van der Waals surface area contributed by atoms with Crippen molar-refractivity contribution in [2.24, 2.45) is 0 Å². The van der Waals surface area contributed by atoms with Crippen LogP contribution in [-0.4, -0.2) is 39.6 Å². The third-order valence-corrected chi connectivity index (χ3v) is 3.24. The zero-order valence-corrected chi connectivity index (χ0v) is 12.2. The van der Waals surface area contributed by atoms with E-state index in [0.717, 1.165) is 25.9 Å². The van der Waals surface area contributed by atoms with Crippen LogP contribution in [-0.2, 0) is 4.79 Å². The summed E-state index contributed by atoms with van der Waals surface area (Å²) in [6.45, 7) is 5.69. The molecule has 0 aliphatic rings. The number of nitrogen functional groups attached to an aromatic ring is 2. The summed E-state index contributed by atoms with van der Waals surface area (Å²) in [5.74, 6) is 1.05. The quantitative estimate of drug-likeness (QED) is 0.579. The highest BCUT2D eigenvalue weighted by atomic mass is 32.2. The van der Waals surface area contributed by atoms with Gasteiger partial charge in [0.1, 0.15) is 11.6 Å². The largest absolute Gasteiger partial charge is 0.383 e. The second kappa shape index (κ2) is 7.83. The van der Waals surface area contributed by atoms with Crippen LogP contribution in [0.15, 0.2) is 11.2 Å². The van der Waals surface area contributed by atoms with Crippen LogP contribution in [0.3, 0.4) is 0 Å². The summed E-state index contributed by atoms with van der Waals surface area (Å²) in [4.78, 5) is 22.0. The van der Waals surface area contributed by atoms with Gasteiger partial charge in [0, 0.05) is 19.2 Å². The molecule has 0 aromatic carbocycles. The van der Waals surface area contributed by atoms with Gasteiger partial charge in [-0.3, -0.25) is 4.79 Å². The Kier molecular flexibility index (Phi) is 6.41. The van der Waals surface area contributed by atoms with Crippen molar-refractivity contribution in [2.45, 2.75) is 31.8 Å². The van der Waals surface area contributed by atoms with E-state index in [1.54, 1.807) is 0 Å². The van der Waals surface area contributed by atoms with Crippen molar-refractivity contribution in [3.05, 3.63) is 6.07 Å². The molecule has 6 nitrogen and oxygen atoms in total. The van der Waals surface area contributed by atoms with E-state index in [4.69, 9.17) is 11.5 Å². The normalized spacial score (nSPS) is 10.4. The lowest BCUT2D eigenvalue weighted by Gasteiger charge is -2.21. The molecule has 0 aliphatic heterocycles. The second-order valence-corrected chi connectivity index (χ2v) is 5.11. The van der Waals surface area contributed by atoms with Crippen LogP contribution in [0.4, 0.5) is 11.6 Å². The molecule has 0 atom stereocenters. The van der Waals surface area contributed by atoms with Crippen molar-refractivity contribution < 1.29 is 4.79 Å².